The number of halogens is 6. The van der Waals surface area contributed by atoms with Crippen molar-refractivity contribution in [3.63, 3.8) is 0 Å². The second kappa shape index (κ2) is 21.4. The molecule has 4 aromatic rings. The maximum absolute atomic E-state index is 13.6. The van der Waals surface area contributed by atoms with Gasteiger partial charge in [-0.1, -0.05) is 30.3 Å². The van der Waals surface area contributed by atoms with E-state index in [0.29, 0.717) is 43.0 Å². The second-order valence-electron chi connectivity index (χ2n) is 18.2. The fraction of sp³-hybridized carbons (Fsp3) is 0.543. The number of carbonyl (C=O) groups is 2. The largest absolute Gasteiger partial charge is 0.444 e. The van der Waals surface area contributed by atoms with Gasteiger partial charge in [-0.3, -0.25) is 4.68 Å². The minimum Gasteiger partial charge on any atom is -0.444 e. The summed E-state index contributed by atoms with van der Waals surface area (Å²) in [5, 5.41) is 4.11. The summed E-state index contributed by atoms with van der Waals surface area (Å²) in [7, 11) is 4.84. The number of carbonyl (C=O) groups excluding carboxylic acids is 2. The summed E-state index contributed by atoms with van der Waals surface area (Å²) in [6, 6.07) is 10.4. The molecule has 2 fully saturated rings. The standard InChI is InChI=1S/C28H32F6N6O3.C18H27NO4/c1-26(2,3)43-25(41)40-15-22(9-23(40)16-42-5)39(24-35-10-18(11-36-24)19-12-37-38(4)14-19)13-17-6-20(27(29,30)31)8-21(7-17)28(32,33)34;1-18(2,3)23-17(20)19-11-16(10-15(19)13-21-4)22-12-14-8-6-5-7-9-14/h6-8,10-12,14,22-23H,9,13,15-16H2,1-5H3;5-9,15-16H,10-13H2,1-4H3/t22?,23-;15-,16+/m00/s1. The molecule has 362 valence electrons. The summed E-state index contributed by atoms with van der Waals surface area (Å²) in [6.07, 6.45) is -3.58. The third-order valence-electron chi connectivity index (χ3n) is 10.4. The van der Waals surface area contributed by atoms with E-state index in [9.17, 15) is 35.9 Å². The highest BCUT2D eigenvalue weighted by Crippen LogP contribution is 2.38. The molecule has 66 heavy (non-hydrogen) atoms. The van der Waals surface area contributed by atoms with Gasteiger partial charge in [0.15, 0.2) is 0 Å². The number of nitrogens with zero attached hydrogens (tertiary/aromatic N) is 7. The van der Waals surface area contributed by atoms with E-state index in [1.165, 1.54) is 29.3 Å². The van der Waals surface area contributed by atoms with Gasteiger partial charge in [-0.15, -0.1) is 0 Å². The first-order chi connectivity index (χ1) is 30.8. The van der Waals surface area contributed by atoms with Gasteiger partial charge < -0.3 is 38.4 Å². The number of likely N-dealkylation sites (tertiary alicyclic amines) is 2. The lowest BCUT2D eigenvalue weighted by Crippen LogP contribution is -2.43. The molecular weight excluding hydrogens is 877 g/mol. The normalized spacial score (nSPS) is 19.1. The Hall–Kier alpha value is -5.47. The monoisotopic (exact) mass is 935 g/mol. The summed E-state index contributed by atoms with van der Waals surface area (Å²) < 4.78 is 111. The highest BCUT2D eigenvalue weighted by molar-refractivity contribution is 5.70. The predicted octanol–water partition coefficient (Wildman–Crippen LogP) is 9.17. The summed E-state index contributed by atoms with van der Waals surface area (Å²) in [4.78, 5) is 38.9. The Balaban J connectivity index is 0.000000298. The predicted molar refractivity (Wildman–Crippen MR) is 232 cm³/mol. The molecule has 0 bridgehead atoms. The number of alkyl halides is 6. The van der Waals surface area contributed by atoms with E-state index in [0.717, 1.165) is 12.0 Å². The molecule has 4 heterocycles. The second-order valence-corrected chi connectivity index (χ2v) is 18.2. The summed E-state index contributed by atoms with van der Waals surface area (Å²) in [6.45, 7) is 12.1. The quantitative estimate of drug-likeness (QED) is 0.126. The Morgan fingerprint density at radius 1 is 0.712 bits per heavy atom. The van der Waals surface area contributed by atoms with Crippen molar-refractivity contribution in [2.24, 2.45) is 7.05 Å². The summed E-state index contributed by atoms with van der Waals surface area (Å²) >= 11 is 0. The smallest absolute Gasteiger partial charge is 0.416 e. The fourth-order valence-corrected chi connectivity index (χ4v) is 7.55. The van der Waals surface area contributed by atoms with Crippen LogP contribution in [0.3, 0.4) is 0 Å². The maximum Gasteiger partial charge on any atom is 0.416 e. The fourth-order valence-electron chi connectivity index (χ4n) is 7.55. The number of benzene rings is 2. The van der Waals surface area contributed by atoms with Crippen LogP contribution in [0.5, 0.6) is 0 Å². The van der Waals surface area contributed by atoms with Crippen LogP contribution in [-0.4, -0.2) is 118 Å². The molecule has 20 heteroatoms. The van der Waals surface area contributed by atoms with E-state index in [1.807, 2.05) is 51.1 Å². The number of aromatic nitrogens is 4. The zero-order chi connectivity index (χ0) is 48.6. The molecule has 6 rings (SSSR count). The lowest BCUT2D eigenvalue weighted by molar-refractivity contribution is -0.143. The average Bonchev–Trinajstić information content (AvgIpc) is 3.97. The molecule has 2 saturated heterocycles. The Morgan fingerprint density at radius 3 is 1.73 bits per heavy atom. The van der Waals surface area contributed by atoms with Crippen molar-refractivity contribution in [3.8, 4) is 11.1 Å². The van der Waals surface area contributed by atoms with Gasteiger partial charge >= 0.3 is 24.5 Å². The molecule has 14 nitrogen and oxygen atoms in total. The molecule has 2 aliphatic heterocycles. The maximum atomic E-state index is 13.6. The summed E-state index contributed by atoms with van der Waals surface area (Å²) in [5.74, 6) is 0.0609. The Labute approximate surface area is 381 Å². The molecular formula is C46H59F6N7O7. The third kappa shape index (κ3) is 14.8. The van der Waals surface area contributed by atoms with Crippen LogP contribution in [0.2, 0.25) is 0 Å². The van der Waals surface area contributed by atoms with Gasteiger partial charge in [0.25, 0.3) is 0 Å². The van der Waals surface area contributed by atoms with E-state index < -0.39 is 59.4 Å². The number of aryl methyl sites for hydroxylation is 1. The molecule has 2 aromatic heterocycles. The third-order valence-corrected chi connectivity index (χ3v) is 10.4. The van der Waals surface area contributed by atoms with Gasteiger partial charge in [0, 0.05) is 64.1 Å². The Morgan fingerprint density at radius 2 is 1.24 bits per heavy atom. The highest BCUT2D eigenvalue weighted by atomic mass is 19.4. The van der Waals surface area contributed by atoms with Crippen molar-refractivity contribution in [3.05, 3.63) is 95.6 Å². The van der Waals surface area contributed by atoms with Crippen molar-refractivity contribution < 1.29 is 59.6 Å². The van der Waals surface area contributed by atoms with Gasteiger partial charge in [-0.25, -0.2) is 19.6 Å². The molecule has 0 spiro atoms. The van der Waals surface area contributed by atoms with Gasteiger partial charge in [0.2, 0.25) is 5.95 Å². The van der Waals surface area contributed by atoms with Crippen molar-refractivity contribution >= 4 is 18.1 Å². The minimum absolute atomic E-state index is 0.00266. The molecule has 0 aliphatic carbocycles. The zero-order valence-electron chi connectivity index (χ0n) is 38.7. The molecule has 2 amide bonds. The van der Waals surface area contributed by atoms with Crippen molar-refractivity contribution in [2.75, 3.05) is 45.4 Å². The van der Waals surface area contributed by atoms with Crippen LogP contribution in [-0.2, 0) is 56.2 Å². The first kappa shape index (κ1) is 51.5. The van der Waals surface area contributed by atoms with E-state index in [1.54, 1.807) is 56.9 Å². The number of hydrogen-bond acceptors (Lipinski definition) is 11. The van der Waals surface area contributed by atoms with E-state index in [-0.39, 0.29) is 55.4 Å². The molecule has 0 saturated carbocycles. The molecule has 2 aliphatic rings. The SMILES string of the molecule is COC[C@@H]1CC(N(Cc2cc(C(F)(F)F)cc(C(F)(F)F)c2)c2ncc(-c3cnn(C)c3)cn2)CN1C(=O)OC(C)(C)C.COC[C@@H]1C[C@@H](OCc2ccccc2)CN1C(=O)OC(C)(C)C. The van der Waals surface area contributed by atoms with E-state index in [4.69, 9.17) is 23.7 Å². The lowest BCUT2D eigenvalue weighted by atomic mass is 10.0. The minimum atomic E-state index is -5.01. The van der Waals surface area contributed by atoms with Crippen LogP contribution in [0, 0.1) is 0 Å². The first-order valence-corrected chi connectivity index (χ1v) is 21.3. The topological polar surface area (TPSA) is 134 Å². The lowest BCUT2D eigenvalue weighted by Gasteiger charge is -2.30. The zero-order valence-corrected chi connectivity index (χ0v) is 38.7. The van der Waals surface area contributed by atoms with Crippen LogP contribution in [0.4, 0.5) is 41.9 Å². The van der Waals surface area contributed by atoms with Gasteiger partial charge in [0.1, 0.15) is 11.2 Å². The van der Waals surface area contributed by atoms with Crippen molar-refractivity contribution in [1.82, 2.24) is 29.5 Å². The first-order valence-electron chi connectivity index (χ1n) is 21.3. The number of ether oxygens (including phenoxy) is 5. The van der Waals surface area contributed by atoms with Gasteiger partial charge in [-0.05, 0) is 83.7 Å². The average molecular weight is 936 g/mol. The Kier molecular flexibility index (Phi) is 16.7. The van der Waals surface area contributed by atoms with E-state index >= 15 is 0 Å². The molecule has 0 radical (unpaired) electrons. The van der Waals surface area contributed by atoms with Crippen LogP contribution >= 0.6 is 0 Å². The number of anilines is 1. The van der Waals surface area contributed by atoms with Gasteiger partial charge in [-0.2, -0.15) is 31.4 Å². The van der Waals surface area contributed by atoms with Crippen LogP contribution in [0.1, 0.15) is 76.6 Å². The van der Waals surface area contributed by atoms with E-state index in [2.05, 4.69) is 15.1 Å². The highest BCUT2D eigenvalue weighted by Gasteiger charge is 2.42. The molecule has 2 aromatic carbocycles. The molecule has 1 unspecified atom stereocenters. The Bertz CT molecular complexity index is 2160. The molecule has 4 atom stereocenters. The van der Waals surface area contributed by atoms with Crippen LogP contribution < -0.4 is 4.90 Å². The molecule has 0 N–H and O–H groups in total. The number of amides is 2. The number of rotatable bonds is 12. The van der Waals surface area contributed by atoms with Crippen LogP contribution in [0.25, 0.3) is 11.1 Å². The van der Waals surface area contributed by atoms with Crippen LogP contribution in [0.15, 0.2) is 73.3 Å². The summed E-state index contributed by atoms with van der Waals surface area (Å²) in [5.41, 5.74) is -1.96. The number of methoxy groups -OCH3 is 2. The van der Waals surface area contributed by atoms with Crippen molar-refractivity contribution in [2.45, 2.75) is 115 Å². The van der Waals surface area contributed by atoms with Crippen molar-refractivity contribution in [1.29, 1.82) is 0 Å². The number of hydrogen-bond donors (Lipinski definition) is 0. The van der Waals surface area contributed by atoms with Gasteiger partial charge in [0.05, 0.1) is 67.9 Å².